The number of pyridine rings is 1. The summed E-state index contributed by atoms with van der Waals surface area (Å²) in [6.45, 7) is 5.75. The van der Waals surface area contributed by atoms with Gasteiger partial charge in [-0.05, 0) is 26.3 Å². The number of ether oxygens (including phenoxy) is 1. The molecule has 17 heavy (non-hydrogen) atoms. The minimum atomic E-state index is -0.210. The van der Waals surface area contributed by atoms with Crippen molar-refractivity contribution in [3.05, 3.63) is 23.0 Å². The number of rotatable bonds is 5. The van der Waals surface area contributed by atoms with Gasteiger partial charge in [0.05, 0.1) is 22.5 Å². The van der Waals surface area contributed by atoms with E-state index < -0.39 is 0 Å². The SMILES string of the molecule is CC[C@H](C)OCC(=O)Nc1ccnc(C)c1Cl. The third-order valence-corrected chi connectivity index (χ3v) is 2.89. The van der Waals surface area contributed by atoms with Gasteiger partial charge in [-0.3, -0.25) is 9.78 Å². The normalized spacial score (nSPS) is 12.2. The Kier molecular flexibility index (Phi) is 5.38. The summed E-state index contributed by atoms with van der Waals surface area (Å²) in [5.74, 6) is -0.210. The summed E-state index contributed by atoms with van der Waals surface area (Å²) in [5, 5.41) is 3.16. The minimum Gasteiger partial charge on any atom is -0.369 e. The monoisotopic (exact) mass is 256 g/mol. The maximum atomic E-state index is 11.6. The summed E-state index contributed by atoms with van der Waals surface area (Å²) < 4.78 is 5.32. The van der Waals surface area contributed by atoms with Crippen LogP contribution in [0.1, 0.15) is 26.0 Å². The molecule has 5 heteroatoms. The Morgan fingerprint density at radius 1 is 1.65 bits per heavy atom. The zero-order valence-electron chi connectivity index (χ0n) is 10.3. The molecule has 0 fully saturated rings. The third kappa shape index (κ3) is 4.32. The molecule has 1 aromatic rings. The molecule has 1 amide bonds. The highest BCUT2D eigenvalue weighted by molar-refractivity contribution is 6.34. The Hall–Kier alpha value is -1.13. The van der Waals surface area contributed by atoms with Crippen molar-refractivity contribution in [2.24, 2.45) is 0 Å². The number of hydrogen-bond acceptors (Lipinski definition) is 3. The van der Waals surface area contributed by atoms with Gasteiger partial charge in [0.25, 0.3) is 0 Å². The van der Waals surface area contributed by atoms with Crippen LogP contribution in [0.4, 0.5) is 5.69 Å². The fourth-order valence-electron chi connectivity index (χ4n) is 1.17. The van der Waals surface area contributed by atoms with E-state index in [2.05, 4.69) is 10.3 Å². The fourth-order valence-corrected chi connectivity index (χ4v) is 1.33. The first-order chi connectivity index (χ1) is 8.04. The molecule has 0 radical (unpaired) electrons. The van der Waals surface area contributed by atoms with E-state index in [4.69, 9.17) is 16.3 Å². The predicted molar refractivity (Wildman–Crippen MR) is 68.3 cm³/mol. The minimum absolute atomic E-state index is 0.0344. The second-order valence-electron chi connectivity index (χ2n) is 3.84. The first-order valence-electron chi connectivity index (χ1n) is 5.57. The van der Waals surface area contributed by atoms with Crippen LogP contribution >= 0.6 is 11.6 Å². The number of anilines is 1. The van der Waals surface area contributed by atoms with E-state index in [1.165, 1.54) is 0 Å². The number of nitrogens with zero attached hydrogens (tertiary/aromatic N) is 1. The number of carbonyl (C=O) groups excluding carboxylic acids is 1. The summed E-state index contributed by atoms with van der Waals surface area (Å²) in [6, 6.07) is 1.66. The van der Waals surface area contributed by atoms with Crippen LogP contribution in [0.2, 0.25) is 5.02 Å². The van der Waals surface area contributed by atoms with Crippen LogP contribution in [-0.2, 0) is 9.53 Å². The van der Waals surface area contributed by atoms with Crippen molar-refractivity contribution in [1.29, 1.82) is 0 Å². The quantitative estimate of drug-likeness (QED) is 0.881. The molecule has 0 aromatic carbocycles. The first-order valence-corrected chi connectivity index (χ1v) is 5.95. The Balaban J connectivity index is 2.54. The zero-order chi connectivity index (χ0) is 12.8. The number of amides is 1. The summed E-state index contributed by atoms with van der Waals surface area (Å²) in [7, 11) is 0. The molecule has 1 N–H and O–H groups in total. The largest absolute Gasteiger partial charge is 0.369 e. The van der Waals surface area contributed by atoms with E-state index in [0.29, 0.717) is 16.4 Å². The molecule has 0 aliphatic rings. The highest BCUT2D eigenvalue weighted by Gasteiger charge is 2.09. The van der Waals surface area contributed by atoms with Crippen molar-refractivity contribution in [3.63, 3.8) is 0 Å². The molecule has 0 saturated carbocycles. The third-order valence-electron chi connectivity index (χ3n) is 2.41. The molecule has 0 aliphatic heterocycles. The van der Waals surface area contributed by atoms with E-state index in [-0.39, 0.29) is 18.6 Å². The lowest BCUT2D eigenvalue weighted by Gasteiger charge is -2.11. The van der Waals surface area contributed by atoms with Crippen LogP contribution in [0.5, 0.6) is 0 Å². The van der Waals surface area contributed by atoms with Crippen molar-refractivity contribution in [2.45, 2.75) is 33.3 Å². The van der Waals surface area contributed by atoms with Crippen LogP contribution in [0.3, 0.4) is 0 Å². The zero-order valence-corrected chi connectivity index (χ0v) is 11.0. The predicted octanol–water partition coefficient (Wildman–Crippen LogP) is 2.80. The van der Waals surface area contributed by atoms with Gasteiger partial charge in [-0.25, -0.2) is 0 Å². The van der Waals surface area contributed by atoms with Crippen molar-refractivity contribution in [3.8, 4) is 0 Å². The molecule has 0 aliphatic carbocycles. The topological polar surface area (TPSA) is 51.2 Å². The molecule has 0 bridgehead atoms. The molecule has 0 spiro atoms. The van der Waals surface area contributed by atoms with E-state index in [1.807, 2.05) is 13.8 Å². The maximum Gasteiger partial charge on any atom is 0.250 e. The van der Waals surface area contributed by atoms with Crippen LogP contribution in [-0.4, -0.2) is 23.6 Å². The Morgan fingerprint density at radius 3 is 3.00 bits per heavy atom. The number of carbonyl (C=O) groups is 1. The molecule has 0 saturated heterocycles. The Labute approximate surface area is 106 Å². The van der Waals surface area contributed by atoms with Crippen LogP contribution in [0.15, 0.2) is 12.3 Å². The molecule has 4 nitrogen and oxygen atoms in total. The van der Waals surface area contributed by atoms with Crippen LogP contribution in [0, 0.1) is 6.92 Å². The number of aryl methyl sites for hydroxylation is 1. The van der Waals surface area contributed by atoms with Crippen LogP contribution in [0.25, 0.3) is 0 Å². The van der Waals surface area contributed by atoms with Gasteiger partial charge >= 0.3 is 0 Å². The van der Waals surface area contributed by atoms with Crippen molar-refractivity contribution in [2.75, 3.05) is 11.9 Å². The number of halogens is 1. The lowest BCUT2D eigenvalue weighted by atomic mass is 10.3. The number of hydrogen-bond donors (Lipinski definition) is 1. The fraction of sp³-hybridized carbons (Fsp3) is 0.500. The van der Waals surface area contributed by atoms with Gasteiger partial charge in [0.15, 0.2) is 0 Å². The second-order valence-corrected chi connectivity index (χ2v) is 4.21. The lowest BCUT2D eigenvalue weighted by molar-refractivity contribution is -0.122. The Morgan fingerprint density at radius 2 is 2.35 bits per heavy atom. The second kappa shape index (κ2) is 6.57. The standard InChI is InChI=1S/C12H17ClN2O2/c1-4-8(2)17-7-11(16)15-10-5-6-14-9(3)12(10)13/h5-6,8H,4,7H2,1-3H3,(H,14,15,16)/t8-/m0/s1. The van der Waals surface area contributed by atoms with Crippen molar-refractivity contribution in [1.82, 2.24) is 4.98 Å². The van der Waals surface area contributed by atoms with Gasteiger partial charge < -0.3 is 10.1 Å². The average Bonchev–Trinajstić information content (AvgIpc) is 2.32. The van der Waals surface area contributed by atoms with Crippen molar-refractivity contribution < 1.29 is 9.53 Å². The molecule has 1 atom stereocenters. The van der Waals surface area contributed by atoms with E-state index in [9.17, 15) is 4.79 Å². The molecule has 1 aromatic heterocycles. The number of aromatic nitrogens is 1. The first kappa shape index (κ1) is 13.9. The van der Waals surface area contributed by atoms with E-state index >= 15 is 0 Å². The lowest BCUT2D eigenvalue weighted by Crippen LogP contribution is -2.21. The van der Waals surface area contributed by atoms with Crippen molar-refractivity contribution >= 4 is 23.2 Å². The van der Waals surface area contributed by atoms with Gasteiger partial charge in [-0.2, -0.15) is 0 Å². The summed E-state index contributed by atoms with van der Waals surface area (Å²) in [6.07, 6.45) is 2.56. The summed E-state index contributed by atoms with van der Waals surface area (Å²) in [5.41, 5.74) is 1.25. The molecular formula is C12H17ClN2O2. The summed E-state index contributed by atoms with van der Waals surface area (Å²) >= 11 is 6.01. The molecule has 0 unspecified atom stereocenters. The molecular weight excluding hydrogens is 240 g/mol. The Bertz CT molecular complexity index is 396. The van der Waals surface area contributed by atoms with Gasteiger partial charge in [0.1, 0.15) is 6.61 Å². The van der Waals surface area contributed by atoms with Gasteiger partial charge in [-0.1, -0.05) is 18.5 Å². The highest BCUT2D eigenvalue weighted by Crippen LogP contribution is 2.23. The molecule has 94 valence electrons. The van der Waals surface area contributed by atoms with Gasteiger partial charge in [0, 0.05) is 6.20 Å². The van der Waals surface area contributed by atoms with Crippen LogP contribution < -0.4 is 5.32 Å². The highest BCUT2D eigenvalue weighted by atomic mass is 35.5. The smallest absolute Gasteiger partial charge is 0.250 e. The number of nitrogens with one attached hydrogen (secondary N) is 1. The maximum absolute atomic E-state index is 11.6. The van der Waals surface area contributed by atoms with Gasteiger partial charge in [0.2, 0.25) is 5.91 Å². The average molecular weight is 257 g/mol. The molecule has 1 heterocycles. The van der Waals surface area contributed by atoms with E-state index in [0.717, 1.165) is 6.42 Å². The van der Waals surface area contributed by atoms with Gasteiger partial charge in [-0.15, -0.1) is 0 Å². The summed E-state index contributed by atoms with van der Waals surface area (Å²) in [4.78, 5) is 15.6. The molecule has 1 rings (SSSR count). The van der Waals surface area contributed by atoms with E-state index in [1.54, 1.807) is 19.2 Å².